The average Bonchev–Trinajstić information content (AvgIpc) is 3.53. The number of allylic oxidation sites excluding steroid dienone is 4. The molecule has 0 heterocycles. The summed E-state index contributed by atoms with van der Waals surface area (Å²) in [6.07, 6.45) is 14.9. The van der Waals surface area contributed by atoms with Crippen molar-refractivity contribution in [2.75, 3.05) is 26.4 Å². The Morgan fingerprint density at radius 1 is 0.586 bits per heavy atom. The van der Waals surface area contributed by atoms with Crippen LogP contribution in [-0.4, -0.2) is 26.4 Å². The zero-order valence-electron chi connectivity index (χ0n) is 17.4. The summed E-state index contributed by atoms with van der Waals surface area (Å²) in [6.45, 7) is 4.52. The summed E-state index contributed by atoms with van der Waals surface area (Å²) >= 11 is 0. The van der Waals surface area contributed by atoms with Gasteiger partial charge in [-0.25, -0.2) is 0 Å². The van der Waals surface area contributed by atoms with Crippen LogP contribution in [0.15, 0.2) is 48.6 Å². The molecule has 29 heavy (non-hydrogen) atoms. The maximum atomic E-state index is 6.00. The molecule has 6 unspecified atom stereocenters. The Balaban J connectivity index is 0.928. The maximum absolute atomic E-state index is 6.00. The fraction of sp³-hybridized carbons (Fsp3) is 0.615. The van der Waals surface area contributed by atoms with Crippen LogP contribution in [0.5, 0.6) is 0 Å². The second-order valence-electron chi connectivity index (χ2n) is 9.54. The summed E-state index contributed by atoms with van der Waals surface area (Å²) < 4.78 is 17.6. The molecule has 0 amide bonds. The number of ether oxygens (including phenoxy) is 3. The van der Waals surface area contributed by atoms with Gasteiger partial charge in [0.1, 0.15) is 0 Å². The van der Waals surface area contributed by atoms with Crippen LogP contribution < -0.4 is 0 Å². The van der Waals surface area contributed by atoms with Crippen molar-refractivity contribution in [1.82, 2.24) is 0 Å². The number of rotatable bonds is 11. The first kappa shape index (κ1) is 19.5. The summed E-state index contributed by atoms with van der Waals surface area (Å²) in [5.74, 6) is 4.67. The van der Waals surface area contributed by atoms with Crippen LogP contribution in [0.4, 0.5) is 0 Å². The predicted octanol–water partition coefficient (Wildman–Crippen LogP) is 5.16. The van der Waals surface area contributed by atoms with Gasteiger partial charge in [0.15, 0.2) is 0 Å². The molecule has 0 N–H and O–H groups in total. The van der Waals surface area contributed by atoms with Crippen molar-refractivity contribution in [3.63, 3.8) is 0 Å². The molecule has 156 valence electrons. The van der Waals surface area contributed by atoms with Gasteiger partial charge in [0.05, 0.1) is 39.6 Å². The summed E-state index contributed by atoms with van der Waals surface area (Å²) in [6, 6.07) is 8.64. The van der Waals surface area contributed by atoms with Gasteiger partial charge >= 0.3 is 0 Å². The normalized spacial score (nSPS) is 33.9. The molecule has 1 aromatic carbocycles. The molecule has 5 rings (SSSR count). The van der Waals surface area contributed by atoms with E-state index in [9.17, 15) is 0 Å². The highest BCUT2D eigenvalue weighted by Crippen LogP contribution is 2.44. The Kier molecular flexibility index (Phi) is 6.17. The maximum Gasteiger partial charge on any atom is 0.0718 e. The summed E-state index contributed by atoms with van der Waals surface area (Å²) in [5, 5.41) is 0. The Labute approximate surface area is 175 Å². The highest BCUT2D eigenvalue weighted by molar-refractivity contribution is 5.21. The lowest BCUT2D eigenvalue weighted by Gasteiger charge is -2.18. The van der Waals surface area contributed by atoms with Crippen molar-refractivity contribution in [3.8, 4) is 0 Å². The monoisotopic (exact) mass is 394 g/mol. The topological polar surface area (TPSA) is 27.7 Å². The molecule has 0 saturated heterocycles. The van der Waals surface area contributed by atoms with E-state index in [1.165, 1.54) is 36.8 Å². The van der Waals surface area contributed by atoms with E-state index >= 15 is 0 Å². The standard InChI is InChI=1S/C26H34O3/c1-3-20(16-29-18-26-14-22-6-8-24(26)12-22)4-2-19(1)15-27-9-10-28-17-25-13-21-5-7-23(25)11-21/h1-8,21-26H,9-18H2. The lowest BCUT2D eigenvalue weighted by atomic mass is 9.95. The smallest absolute Gasteiger partial charge is 0.0718 e. The fourth-order valence-corrected chi connectivity index (χ4v) is 5.77. The molecule has 4 aliphatic carbocycles. The quantitative estimate of drug-likeness (QED) is 0.383. The predicted molar refractivity (Wildman–Crippen MR) is 114 cm³/mol. The third-order valence-electron chi connectivity index (χ3n) is 7.43. The molecule has 2 saturated carbocycles. The summed E-state index contributed by atoms with van der Waals surface area (Å²) in [5.41, 5.74) is 2.46. The second-order valence-corrected chi connectivity index (χ2v) is 9.54. The van der Waals surface area contributed by atoms with Gasteiger partial charge in [0.25, 0.3) is 0 Å². The number of benzene rings is 1. The number of fused-ring (bicyclic) bond motifs is 4. The molecule has 0 aromatic heterocycles. The van der Waals surface area contributed by atoms with Crippen molar-refractivity contribution in [3.05, 3.63) is 59.7 Å². The van der Waals surface area contributed by atoms with Crippen molar-refractivity contribution < 1.29 is 14.2 Å². The number of hydrogen-bond donors (Lipinski definition) is 0. The largest absolute Gasteiger partial charge is 0.379 e. The van der Waals surface area contributed by atoms with E-state index < -0.39 is 0 Å². The van der Waals surface area contributed by atoms with Crippen LogP contribution in [-0.2, 0) is 27.4 Å². The SMILES string of the molecule is C1=CC2CC1CC2COCCOCc1ccc(COCC2CC3C=CC2C3)cc1. The van der Waals surface area contributed by atoms with Crippen LogP contribution in [0.1, 0.15) is 36.8 Å². The summed E-state index contributed by atoms with van der Waals surface area (Å²) in [7, 11) is 0. The fourth-order valence-electron chi connectivity index (χ4n) is 5.77. The molecule has 1 aromatic rings. The van der Waals surface area contributed by atoms with Crippen LogP contribution in [0.3, 0.4) is 0 Å². The molecule has 0 spiro atoms. The van der Waals surface area contributed by atoms with Gasteiger partial charge in [0, 0.05) is 0 Å². The molecule has 2 fully saturated rings. The average molecular weight is 395 g/mol. The van der Waals surface area contributed by atoms with E-state index in [1.807, 2.05) is 0 Å². The molecule has 0 radical (unpaired) electrons. The zero-order valence-corrected chi connectivity index (χ0v) is 17.4. The van der Waals surface area contributed by atoms with Gasteiger partial charge < -0.3 is 14.2 Å². The molecular weight excluding hydrogens is 360 g/mol. The third kappa shape index (κ3) is 4.84. The first-order valence-electron chi connectivity index (χ1n) is 11.5. The minimum Gasteiger partial charge on any atom is -0.379 e. The van der Waals surface area contributed by atoms with Gasteiger partial charge in [-0.05, 0) is 72.3 Å². The second kappa shape index (κ2) is 9.16. The van der Waals surface area contributed by atoms with E-state index in [4.69, 9.17) is 14.2 Å². The Morgan fingerprint density at radius 2 is 1.10 bits per heavy atom. The van der Waals surface area contributed by atoms with Crippen molar-refractivity contribution in [2.24, 2.45) is 35.5 Å². The molecule has 3 nitrogen and oxygen atoms in total. The van der Waals surface area contributed by atoms with Crippen molar-refractivity contribution in [2.45, 2.75) is 38.9 Å². The van der Waals surface area contributed by atoms with Crippen molar-refractivity contribution >= 4 is 0 Å². The van der Waals surface area contributed by atoms with E-state index in [2.05, 4.69) is 48.6 Å². The van der Waals surface area contributed by atoms with Crippen LogP contribution in [0, 0.1) is 35.5 Å². The lowest BCUT2D eigenvalue weighted by molar-refractivity contribution is 0.0240. The number of hydrogen-bond acceptors (Lipinski definition) is 3. The van der Waals surface area contributed by atoms with Crippen molar-refractivity contribution in [1.29, 1.82) is 0 Å². The Morgan fingerprint density at radius 3 is 1.62 bits per heavy atom. The first-order valence-corrected chi connectivity index (χ1v) is 11.5. The molecule has 6 atom stereocenters. The first-order chi connectivity index (χ1) is 14.3. The van der Waals surface area contributed by atoms with Crippen LogP contribution in [0.2, 0.25) is 0 Å². The van der Waals surface area contributed by atoms with Gasteiger partial charge in [-0.15, -0.1) is 0 Å². The Hall–Kier alpha value is -1.42. The summed E-state index contributed by atoms with van der Waals surface area (Å²) in [4.78, 5) is 0. The molecule has 0 aliphatic heterocycles. The molecule has 3 heteroatoms. The molecule has 4 aliphatic rings. The highest BCUT2D eigenvalue weighted by atomic mass is 16.5. The molecular formula is C26H34O3. The van der Waals surface area contributed by atoms with Crippen LogP contribution in [0.25, 0.3) is 0 Å². The highest BCUT2D eigenvalue weighted by Gasteiger charge is 2.36. The molecule has 4 bridgehead atoms. The zero-order chi connectivity index (χ0) is 19.5. The van der Waals surface area contributed by atoms with Gasteiger partial charge in [-0.2, -0.15) is 0 Å². The third-order valence-corrected chi connectivity index (χ3v) is 7.43. The van der Waals surface area contributed by atoms with Crippen LogP contribution >= 0.6 is 0 Å². The van der Waals surface area contributed by atoms with Gasteiger partial charge in [0.2, 0.25) is 0 Å². The van der Waals surface area contributed by atoms with E-state index in [0.717, 1.165) is 48.7 Å². The van der Waals surface area contributed by atoms with Gasteiger partial charge in [-0.1, -0.05) is 48.6 Å². The lowest BCUT2D eigenvalue weighted by Crippen LogP contribution is -2.16. The minimum atomic E-state index is 0.652. The van der Waals surface area contributed by atoms with E-state index in [1.54, 1.807) is 0 Å². The van der Waals surface area contributed by atoms with E-state index in [0.29, 0.717) is 26.4 Å². The Bertz CT molecular complexity index is 722. The minimum absolute atomic E-state index is 0.652. The van der Waals surface area contributed by atoms with E-state index in [-0.39, 0.29) is 0 Å². The van der Waals surface area contributed by atoms with Gasteiger partial charge in [-0.3, -0.25) is 0 Å².